The minimum Gasteiger partial charge on any atom is -0.497 e. The van der Waals surface area contributed by atoms with Crippen molar-refractivity contribution in [1.82, 2.24) is 4.98 Å². The maximum Gasteiger partial charge on any atom is 0.272 e. The summed E-state index contributed by atoms with van der Waals surface area (Å²) in [7, 11) is 3.21. The monoisotopic (exact) mass is 310 g/mol. The Bertz CT molecular complexity index is 868. The number of ether oxygens (including phenoxy) is 2. The lowest BCUT2D eigenvalue weighted by atomic mass is 10.1. The van der Waals surface area contributed by atoms with Gasteiger partial charge in [0.2, 0.25) is 0 Å². The fourth-order valence-electron chi connectivity index (χ4n) is 2.57. The molecule has 0 saturated carbocycles. The van der Waals surface area contributed by atoms with Crippen molar-refractivity contribution in [1.29, 1.82) is 0 Å². The number of fused-ring (bicyclic) bond motifs is 1. The Balaban J connectivity index is 1.92. The summed E-state index contributed by atoms with van der Waals surface area (Å²) >= 11 is 0. The van der Waals surface area contributed by atoms with Gasteiger partial charge in [-0.2, -0.15) is 0 Å². The van der Waals surface area contributed by atoms with Gasteiger partial charge in [-0.1, -0.05) is 6.07 Å². The number of rotatable bonds is 4. The van der Waals surface area contributed by atoms with Crippen LogP contribution in [0, 0.1) is 6.92 Å². The van der Waals surface area contributed by atoms with Crippen LogP contribution < -0.4 is 14.8 Å². The van der Waals surface area contributed by atoms with E-state index in [4.69, 9.17) is 9.47 Å². The lowest BCUT2D eigenvalue weighted by Gasteiger charge is -2.06. The Labute approximate surface area is 134 Å². The van der Waals surface area contributed by atoms with Gasteiger partial charge < -0.3 is 19.8 Å². The van der Waals surface area contributed by atoms with Crippen LogP contribution in [0.3, 0.4) is 0 Å². The molecule has 0 radical (unpaired) electrons. The van der Waals surface area contributed by atoms with Gasteiger partial charge in [0.15, 0.2) is 0 Å². The number of hydrogen-bond donors (Lipinski definition) is 2. The summed E-state index contributed by atoms with van der Waals surface area (Å²) in [5.74, 6) is 1.25. The fraction of sp³-hybridized carbons (Fsp3) is 0.167. The molecule has 3 aromatic rings. The van der Waals surface area contributed by atoms with Crippen LogP contribution in [0.4, 0.5) is 5.69 Å². The molecule has 118 valence electrons. The molecule has 0 spiro atoms. The van der Waals surface area contributed by atoms with Gasteiger partial charge in [0.1, 0.15) is 17.2 Å². The van der Waals surface area contributed by atoms with Crippen molar-refractivity contribution in [2.45, 2.75) is 6.92 Å². The highest BCUT2D eigenvalue weighted by atomic mass is 16.5. The van der Waals surface area contributed by atoms with E-state index in [0.717, 1.165) is 22.2 Å². The van der Waals surface area contributed by atoms with E-state index < -0.39 is 0 Å². The Morgan fingerprint density at radius 3 is 2.52 bits per heavy atom. The molecule has 23 heavy (non-hydrogen) atoms. The van der Waals surface area contributed by atoms with E-state index in [1.54, 1.807) is 20.3 Å². The maximum absolute atomic E-state index is 12.5. The lowest BCUT2D eigenvalue weighted by Crippen LogP contribution is -2.13. The van der Waals surface area contributed by atoms with Gasteiger partial charge in [-0.3, -0.25) is 4.79 Å². The molecule has 0 aliphatic rings. The van der Waals surface area contributed by atoms with Gasteiger partial charge in [0.25, 0.3) is 5.91 Å². The number of aromatic amines is 1. The number of methoxy groups -OCH3 is 2. The number of aromatic nitrogens is 1. The number of H-pyrrole nitrogens is 1. The average Bonchev–Trinajstić information content (AvgIpc) is 2.91. The molecule has 0 aliphatic carbocycles. The highest BCUT2D eigenvalue weighted by molar-refractivity contribution is 6.08. The summed E-state index contributed by atoms with van der Waals surface area (Å²) in [6.07, 6.45) is 0. The van der Waals surface area contributed by atoms with Gasteiger partial charge in [-0.25, -0.2) is 0 Å². The normalized spacial score (nSPS) is 10.6. The number of carbonyl (C=O) groups excluding carboxylic acids is 1. The molecule has 0 saturated heterocycles. The first-order valence-corrected chi connectivity index (χ1v) is 7.24. The molecule has 0 atom stereocenters. The van der Waals surface area contributed by atoms with Crippen LogP contribution in [-0.4, -0.2) is 25.1 Å². The van der Waals surface area contributed by atoms with Crippen molar-refractivity contribution in [3.05, 3.63) is 53.7 Å². The zero-order chi connectivity index (χ0) is 16.4. The summed E-state index contributed by atoms with van der Waals surface area (Å²) in [5, 5.41) is 3.88. The van der Waals surface area contributed by atoms with E-state index in [2.05, 4.69) is 10.3 Å². The quantitative estimate of drug-likeness (QED) is 0.771. The molecule has 1 heterocycles. The van der Waals surface area contributed by atoms with Crippen LogP contribution in [0.1, 0.15) is 16.1 Å². The van der Waals surface area contributed by atoms with E-state index in [0.29, 0.717) is 17.1 Å². The van der Waals surface area contributed by atoms with Crippen molar-refractivity contribution < 1.29 is 14.3 Å². The van der Waals surface area contributed by atoms with Crippen LogP contribution >= 0.6 is 0 Å². The zero-order valence-electron chi connectivity index (χ0n) is 13.3. The number of benzene rings is 2. The van der Waals surface area contributed by atoms with Gasteiger partial charge in [0.05, 0.1) is 14.2 Å². The van der Waals surface area contributed by atoms with E-state index in [-0.39, 0.29) is 5.91 Å². The average molecular weight is 310 g/mol. The first kappa shape index (κ1) is 15.0. The van der Waals surface area contributed by atoms with Crippen molar-refractivity contribution in [2.24, 2.45) is 0 Å². The third-order valence-corrected chi connectivity index (χ3v) is 3.82. The summed E-state index contributed by atoms with van der Waals surface area (Å²) in [4.78, 5) is 15.7. The maximum atomic E-state index is 12.5. The summed E-state index contributed by atoms with van der Waals surface area (Å²) < 4.78 is 10.4. The number of amides is 1. The third kappa shape index (κ3) is 2.85. The number of aryl methyl sites for hydroxylation is 1. The second-order valence-electron chi connectivity index (χ2n) is 5.22. The molecular formula is C18H18N2O3. The first-order chi connectivity index (χ1) is 11.1. The summed E-state index contributed by atoms with van der Waals surface area (Å²) in [5.41, 5.74) is 3.00. The number of anilines is 1. The second-order valence-corrected chi connectivity index (χ2v) is 5.22. The highest BCUT2D eigenvalue weighted by Gasteiger charge is 2.15. The van der Waals surface area contributed by atoms with Gasteiger partial charge >= 0.3 is 0 Å². The van der Waals surface area contributed by atoms with E-state index in [1.807, 2.05) is 43.3 Å². The molecule has 5 nitrogen and oxygen atoms in total. The van der Waals surface area contributed by atoms with Crippen LogP contribution in [0.15, 0.2) is 42.5 Å². The molecule has 0 bridgehead atoms. The SMILES string of the molecule is COc1cccc(NC(=O)c2[nH]c3cc(OC)ccc3c2C)c1. The minimum absolute atomic E-state index is 0.189. The second kappa shape index (κ2) is 6.04. The van der Waals surface area contributed by atoms with Crippen molar-refractivity contribution in [3.8, 4) is 11.5 Å². The number of nitrogens with one attached hydrogen (secondary N) is 2. The van der Waals surface area contributed by atoms with Crippen LogP contribution in [0.25, 0.3) is 10.9 Å². The zero-order valence-corrected chi connectivity index (χ0v) is 13.3. The highest BCUT2D eigenvalue weighted by Crippen LogP contribution is 2.26. The Morgan fingerprint density at radius 1 is 1.04 bits per heavy atom. The smallest absolute Gasteiger partial charge is 0.272 e. The van der Waals surface area contributed by atoms with E-state index >= 15 is 0 Å². The molecule has 5 heteroatoms. The van der Waals surface area contributed by atoms with Crippen LogP contribution in [-0.2, 0) is 0 Å². The largest absolute Gasteiger partial charge is 0.497 e. The molecule has 3 rings (SSSR count). The van der Waals surface area contributed by atoms with Crippen LogP contribution in [0.2, 0.25) is 0 Å². The van der Waals surface area contributed by atoms with E-state index in [1.165, 1.54) is 0 Å². The van der Waals surface area contributed by atoms with E-state index in [9.17, 15) is 4.79 Å². The predicted octanol–water partition coefficient (Wildman–Crippen LogP) is 3.75. The molecule has 2 N–H and O–H groups in total. The molecule has 2 aromatic carbocycles. The lowest BCUT2D eigenvalue weighted by molar-refractivity contribution is 0.102. The minimum atomic E-state index is -0.189. The molecule has 1 amide bonds. The first-order valence-electron chi connectivity index (χ1n) is 7.24. The Kier molecular flexibility index (Phi) is 3.93. The molecular weight excluding hydrogens is 292 g/mol. The van der Waals surface area contributed by atoms with Gasteiger partial charge in [-0.05, 0) is 36.8 Å². The Hall–Kier alpha value is -2.95. The molecule has 0 fully saturated rings. The molecule has 0 aliphatic heterocycles. The third-order valence-electron chi connectivity index (χ3n) is 3.82. The van der Waals surface area contributed by atoms with Gasteiger partial charge in [0, 0.05) is 28.7 Å². The van der Waals surface area contributed by atoms with Gasteiger partial charge in [-0.15, -0.1) is 0 Å². The molecule has 1 aromatic heterocycles. The van der Waals surface area contributed by atoms with Crippen LogP contribution in [0.5, 0.6) is 11.5 Å². The number of hydrogen-bond acceptors (Lipinski definition) is 3. The topological polar surface area (TPSA) is 63.3 Å². The van der Waals surface area contributed by atoms with Crippen molar-refractivity contribution >= 4 is 22.5 Å². The molecule has 0 unspecified atom stereocenters. The standard InChI is InChI=1S/C18H18N2O3/c1-11-15-8-7-14(23-3)10-16(15)20-17(11)18(21)19-12-5-4-6-13(9-12)22-2/h4-10,20H,1-3H3,(H,19,21). The Morgan fingerprint density at radius 2 is 1.78 bits per heavy atom. The van der Waals surface area contributed by atoms with Crippen molar-refractivity contribution in [2.75, 3.05) is 19.5 Å². The predicted molar refractivity (Wildman–Crippen MR) is 90.5 cm³/mol. The fourth-order valence-corrected chi connectivity index (χ4v) is 2.57. The number of carbonyl (C=O) groups is 1. The van der Waals surface area contributed by atoms with Crippen molar-refractivity contribution in [3.63, 3.8) is 0 Å². The summed E-state index contributed by atoms with van der Waals surface area (Å²) in [6.45, 7) is 1.92. The summed E-state index contributed by atoms with van der Waals surface area (Å²) in [6, 6.07) is 13.0.